The van der Waals surface area contributed by atoms with E-state index in [1.165, 1.54) is 11.1 Å². The minimum absolute atomic E-state index is 0.237. The zero-order valence-corrected chi connectivity index (χ0v) is 10.6. The molecule has 0 aliphatic rings. The van der Waals surface area contributed by atoms with Crippen LogP contribution in [0.25, 0.3) is 0 Å². The second kappa shape index (κ2) is 5.54. The molecule has 1 aromatic carbocycles. The lowest BCUT2D eigenvalue weighted by Gasteiger charge is -2.18. The van der Waals surface area contributed by atoms with E-state index in [-0.39, 0.29) is 6.04 Å². The van der Waals surface area contributed by atoms with Crippen LogP contribution in [-0.2, 0) is 6.54 Å². The van der Waals surface area contributed by atoms with E-state index < -0.39 is 0 Å². The monoisotopic (exact) mass is 219 g/mol. The van der Waals surface area contributed by atoms with Crippen LogP contribution in [0.4, 0.5) is 0 Å². The molecule has 0 bridgehead atoms. The van der Waals surface area contributed by atoms with E-state index in [1.807, 2.05) is 25.8 Å². The van der Waals surface area contributed by atoms with Gasteiger partial charge in [0, 0.05) is 19.6 Å². The number of nitrogens with zero attached hydrogens (tertiary/aromatic N) is 2. The second-order valence-electron chi connectivity index (χ2n) is 4.42. The number of aliphatic imine (C=N–C) groups is 1. The normalized spacial score (nSPS) is 11.9. The van der Waals surface area contributed by atoms with Crippen LogP contribution in [0, 0.1) is 6.92 Å². The number of aryl methyl sites for hydroxylation is 1. The maximum Gasteiger partial charge on any atom is 0.191 e. The van der Waals surface area contributed by atoms with Gasteiger partial charge in [0.1, 0.15) is 0 Å². The summed E-state index contributed by atoms with van der Waals surface area (Å²) in [5.74, 6) is 0.593. The van der Waals surface area contributed by atoms with Crippen LogP contribution < -0.4 is 5.73 Å². The van der Waals surface area contributed by atoms with Crippen molar-refractivity contribution in [2.45, 2.75) is 33.4 Å². The van der Waals surface area contributed by atoms with Gasteiger partial charge in [-0.15, -0.1) is 0 Å². The Balaban J connectivity index is 2.64. The summed E-state index contributed by atoms with van der Waals surface area (Å²) in [6.07, 6.45) is 0. The number of hydrogen-bond acceptors (Lipinski definition) is 1. The predicted molar refractivity (Wildman–Crippen MR) is 69.4 cm³/mol. The van der Waals surface area contributed by atoms with Gasteiger partial charge in [0.15, 0.2) is 5.96 Å². The average molecular weight is 219 g/mol. The van der Waals surface area contributed by atoms with Crippen LogP contribution in [0.3, 0.4) is 0 Å². The maximum atomic E-state index is 5.87. The lowest BCUT2D eigenvalue weighted by molar-refractivity contribution is 0.489. The number of nitrogens with two attached hydrogens (primary N) is 1. The van der Waals surface area contributed by atoms with E-state index >= 15 is 0 Å². The SMILES string of the molecule is Cc1ccc(CN(C)C(N)=NC(C)C)cc1. The molecule has 88 valence electrons. The van der Waals surface area contributed by atoms with Crippen molar-refractivity contribution in [3.05, 3.63) is 35.4 Å². The molecule has 0 aliphatic heterocycles. The molecule has 0 unspecified atom stereocenters. The third-order valence-corrected chi connectivity index (χ3v) is 2.32. The minimum atomic E-state index is 0.237. The highest BCUT2D eigenvalue weighted by atomic mass is 15.2. The molecule has 0 saturated heterocycles. The van der Waals surface area contributed by atoms with Gasteiger partial charge in [0.05, 0.1) is 0 Å². The fraction of sp³-hybridized carbons (Fsp3) is 0.462. The summed E-state index contributed by atoms with van der Waals surface area (Å²) in [5, 5.41) is 0. The van der Waals surface area contributed by atoms with Gasteiger partial charge in [-0.25, -0.2) is 0 Å². The molecule has 0 aromatic heterocycles. The van der Waals surface area contributed by atoms with Crippen molar-refractivity contribution < 1.29 is 0 Å². The Morgan fingerprint density at radius 3 is 2.38 bits per heavy atom. The molecular weight excluding hydrogens is 198 g/mol. The summed E-state index contributed by atoms with van der Waals surface area (Å²) in [4.78, 5) is 6.27. The number of guanidine groups is 1. The molecule has 0 saturated carbocycles. The molecule has 1 aromatic rings. The molecule has 3 nitrogen and oxygen atoms in total. The molecule has 0 fully saturated rings. The number of benzene rings is 1. The van der Waals surface area contributed by atoms with Crippen molar-refractivity contribution >= 4 is 5.96 Å². The van der Waals surface area contributed by atoms with Gasteiger partial charge in [-0.05, 0) is 26.3 Å². The van der Waals surface area contributed by atoms with Crippen LogP contribution >= 0.6 is 0 Å². The summed E-state index contributed by atoms with van der Waals surface area (Å²) in [6, 6.07) is 8.70. The molecule has 0 spiro atoms. The molecule has 0 aliphatic carbocycles. The largest absolute Gasteiger partial charge is 0.370 e. The summed E-state index contributed by atoms with van der Waals surface area (Å²) >= 11 is 0. The second-order valence-corrected chi connectivity index (χ2v) is 4.42. The summed E-state index contributed by atoms with van der Waals surface area (Å²) < 4.78 is 0. The fourth-order valence-corrected chi connectivity index (χ4v) is 1.41. The van der Waals surface area contributed by atoms with Crippen molar-refractivity contribution in [2.24, 2.45) is 10.7 Å². The van der Waals surface area contributed by atoms with Gasteiger partial charge < -0.3 is 10.6 Å². The fourth-order valence-electron chi connectivity index (χ4n) is 1.41. The van der Waals surface area contributed by atoms with Crippen molar-refractivity contribution in [1.29, 1.82) is 0 Å². The van der Waals surface area contributed by atoms with E-state index in [1.54, 1.807) is 0 Å². The molecule has 0 radical (unpaired) electrons. The van der Waals surface area contributed by atoms with Crippen molar-refractivity contribution in [3.63, 3.8) is 0 Å². The average Bonchev–Trinajstić information content (AvgIpc) is 2.20. The standard InChI is InChI=1S/C13H21N3/c1-10(2)15-13(14)16(4)9-12-7-5-11(3)6-8-12/h5-8,10H,9H2,1-4H3,(H2,14,15). The van der Waals surface area contributed by atoms with E-state index in [0.717, 1.165) is 6.54 Å². The summed E-state index contributed by atoms with van der Waals surface area (Å²) in [7, 11) is 1.96. The predicted octanol–water partition coefficient (Wildman–Crippen LogP) is 2.15. The summed E-state index contributed by atoms with van der Waals surface area (Å²) in [5.41, 5.74) is 8.39. The lowest BCUT2D eigenvalue weighted by Crippen LogP contribution is -2.34. The minimum Gasteiger partial charge on any atom is -0.370 e. The zero-order chi connectivity index (χ0) is 12.1. The molecule has 16 heavy (non-hydrogen) atoms. The Kier molecular flexibility index (Phi) is 4.35. The van der Waals surface area contributed by atoms with Crippen LogP contribution in [0.1, 0.15) is 25.0 Å². The highest BCUT2D eigenvalue weighted by Gasteiger charge is 2.03. The van der Waals surface area contributed by atoms with Crippen LogP contribution in [0.5, 0.6) is 0 Å². The van der Waals surface area contributed by atoms with Gasteiger partial charge in [-0.3, -0.25) is 4.99 Å². The Morgan fingerprint density at radius 2 is 1.88 bits per heavy atom. The molecule has 1 rings (SSSR count). The van der Waals surface area contributed by atoms with Crippen LogP contribution in [0.15, 0.2) is 29.3 Å². The summed E-state index contributed by atoms with van der Waals surface area (Å²) in [6.45, 7) is 6.92. The third-order valence-electron chi connectivity index (χ3n) is 2.32. The number of rotatable bonds is 3. The third kappa shape index (κ3) is 3.93. The Hall–Kier alpha value is -1.51. The smallest absolute Gasteiger partial charge is 0.191 e. The molecule has 0 heterocycles. The maximum absolute atomic E-state index is 5.87. The molecule has 3 heteroatoms. The van der Waals surface area contributed by atoms with E-state index in [2.05, 4.69) is 36.2 Å². The van der Waals surface area contributed by atoms with Crippen molar-refractivity contribution in [3.8, 4) is 0 Å². The Bertz CT molecular complexity index is 352. The molecule has 0 amide bonds. The van der Waals surface area contributed by atoms with E-state index in [0.29, 0.717) is 5.96 Å². The first-order valence-electron chi connectivity index (χ1n) is 5.59. The highest BCUT2D eigenvalue weighted by Crippen LogP contribution is 2.05. The molecule has 2 N–H and O–H groups in total. The topological polar surface area (TPSA) is 41.6 Å². The highest BCUT2D eigenvalue weighted by molar-refractivity contribution is 5.77. The van der Waals surface area contributed by atoms with Gasteiger partial charge in [-0.1, -0.05) is 29.8 Å². The van der Waals surface area contributed by atoms with Crippen molar-refractivity contribution in [2.75, 3.05) is 7.05 Å². The van der Waals surface area contributed by atoms with Crippen molar-refractivity contribution in [1.82, 2.24) is 4.90 Å². The number of hydrogen-bond donors (Lipinski definition) is 1. The molecule has 0 atom stereocenters. The first kappa shape index (κ1) is 12.6. The van der Waals surface area contributed by atoms with Gasteiger partial charge in [0.2, 0.25) is 0 Å². The van der Waals surface area contributed by atoms with E-state index in [9.17, 15) is 0 Å². The zero-order valence-electron chi connectivity index (χ0n) is 10.6. The Morgan fingerprint density at radius 1 is 1.31 bits per heavy atom. The van der Waals surface area contributed by atoms with Gasteiger partial charge in [0.25, 0.3) is 0 Å². The first-order valence-corrected chi connectivity index (χ1v) is 5.59. The quantitative estimate of drug-likeness (QED) is 0.625. The lowest BCUT2D eigenvalue weighted by atomic mass is 10.1. The molecular formula is C13H21N3. The van der Waals surface area contributed by atoms with E-state index in [4.69, 9.17) is 5.73 Å². The van der Waals surface area contributed by atoms with Crippen LogP contribution in [0.2, 0.25) is 0 Å². The first-order chi connectivity index (χ1) is 7.49. The Labute approximate surface area is 98.0 Å². The van der Waals surface area contributed by atoms with Gasteiger partial charge in [-0.2, -0.15) is 0 Å². The van der Waals surface area contributed by atoms with Crippen LogP contribution in [-0.4, -0.2) is 23.9 Å². The van der Waals surface area contributed by atoms with Gasteiger partial charge >= 0.3 is 0 Å².